The van der Waals surface area contributed by atoms with Crippen LogP contribution < -0.4 is 0 Å². The van der Waals surface area contributed by atoms with Gasteiger partial charge in [-0.1, -0.05) is 6.08 Å². The molecule has 0 fully saturated rings. The summed E-state index contributed by atoms with van der Waals surface area (Å²) in [6, 6.07) is 0. The van der Waals surface area contributed by atoms with Gasteiger partial charge in [-0.05, 0) is 19.1 Å². The van der Waals surface area contributed by atoms with Gasteiger partial charge in [-0.25, -0.2) is 0 Å². The predicted octanol–water partition coefficient (Wildman–Crippen LogP) is 0.358. The highest BCUT2D eigenvalue weighted by Crippen LogP contribution is 1.91. The SMILES string of the molecule is CC(O)C=CC(O)=CCO. The van der Waals surface area contributed by atoms with E-state index in [0.29, 0.717) is 0 Å². The topological polar surface area (TPSA) is 60.7 Å². The van der Waals surface area contributed by atoms with Crippen molar-refractivity contribution in [1.29, 1.82) is 0 Å². The Hall–Kier alpha value is -0.800. The van der Waals surface area contributed by atoms with E-state index in [1.54, 1.807) is 6.92 Å². The van der Waals surface area contributed by atoms with E-state index in [1.165, 1.54) is 18.2 Å². The van der Waals surface area contributed by atoms with Gasteiger partial charge in [0.2, 0.25) is 0 Å². The van der Waals surface area contributed by atoms with Crippen molar-refractivity contribution >= 4 is 0 Å². The summed E-state index contributed by atoms with van der Waals surface area (Å²) in [6.45, 7) is 1.37. The summed E-state index contributed by atoms with van der Waals surface area (Å²) >= 11 is 0. The molecule has 0 spiro atoms. The molecule has 0 aromatic rings. The van der Waals surface area contributed by atoms with Crippen LogP contribution in [0.2, 0.25) is 0 Å². The first kappa shape index (κ1) is 9.20. The molecule has 0 saturated carbocycles. The van der Waals surface area contributed by atoms with Gasteiger partial charge >= 0.3 is 0 Å². The van der Waals surface area contributed by atoms with E-state index < -0.39 is 6.10 Å². The van der Waals surface area contributed by atoms with Gasteiger partial charge in [0, 0.05) is 0 Å². The van der Waals surface area contributed by atoms with Crippen molar-refractivity contribution < 1.29 is 15.3 Å². The van der Waals surface area contributed by atoms with Crippen LogP contribution in [0.1, 0.15) is 6.92 Å². The summed E-state index contributed by atoms with van der Waals surface area (Å²) in [7, 11) is 0. The molecular weight excluding hydrogens is 132 g/mol. The molecule has 10 heavy (non-hydrogen) atoms. The Kier molecular flexibility index (Phi) is 4.62. The average molecular weight is 144 g/mol. The summed E-state index contributed by atoms with van der Waals surface area (Å²) in [6.07, 6.45) is 3.41. The summed E-state index contributed by atoms with van der Waals surface area (Å²) in [5.41, 5.74) is 0. The van der Waals surface area contributed by atoms with Gasteiger partial charge in [-0.3, -0.25) is 0 Å². The maximum Gasteiger partial charge on any atom is 0.113 e. The van der Waals surface area contributed by atoms with Crippen molar-refractivity contribution in [2.24, 2.45) is 0 Å². The molecule has 0 heterocycles. The molecule has 0 rings (SSSR count). The van der Waals surface area contributed by atoms with Crippen LogP contribution in [0.5, 0.6) is 0 Å². The standard InChI is InChI=1S/C7H12O3/c1-6(9)2-3-7(10)4-5-8/h2-4,6,8-10H,5H2,1H3. The van der Waals surface area contributed by atoms with Crippen LogP contribution in [0.4, 0.5) is 0 Å². The Morgan fingerprint density at radius 1 is 1.60 bits per heavy atom. The summed E-state index contributed by atoms with van der Waals surface area (Å²) in [4.78, 5) is 0. The van der Waals surface area contributed by atoms with Gasteiger partial charge in [0.1, 0.15) is 5.76 Å². The first-order valence-corrected chi connectivity index (χ1v) is 3.03. The molecule has 3 N–H and O–H groups in total. The smallest absolute Gasteiger partial charge is 0.113 e. The average Bonchev–Trinajstić information content (AvgIpc) is 1.85. The third-order valence-electron chi connectivity index (χ3n) is 0.846. The Labute approximate surface area is 59.9 Å². The van der Waals surface area contributed by atoms with E-state index in [1.807, 2.05) is 0 Å². The summed E-state index contributed by atoms with van der Waals surface area (Å²) in [5, 5.41) is 25.8. The fraction of sp³-hybridized carbons (Fsp3) is 0.429. The quantitative estimate of drug-likeness (QED) is 0.396. The number of allylic oxidation sites excluding steroid dienone is 1. The van der Waals surface area contributed by atoms with E-state index in [2.05, 4.69) is 0 Å². The lowest BCUT2D eigenvalue weighted by molar-refractivity contribution is 0.243. The number of rotatable bonds is 3. The van der Waals surface area contributed by atoms with E-state index in [-0.39, 0.29) is 12.4 Å². The molecular formula is C7H12O3. The highest BCUT2D eigenvalue weighted by molar-refractivity contribution is 5.11. The summed E-state index contributed by atoms with van der Waals surface area (Å²) in [5.74, 6) is -0.0385. The molecule has 0 radical (unpaired) electrons. The van der Waals surface area contributed by atoms with Crippen LogP contribution in [-0.4, -0.2) is 28.0 Å². The van der Waals surface area contributed by atoms with Crippen molar-refractivity contribution in [2.75, 3.05) is 6.61 Å². The van der Waals surface area contributed by atoms with Crippen LogP contribution >= 0.6 is 0 Å². The molecule has 3 nitrogen and oxygen atoms in total. The number of hydrogen-bond acceptors (Lipinski definition) is 3. The highest BCUT2D eigenvalue weighted by atomic mass is 16.3. The molecule has 1 atom stereocenters. The lowest BCUT2D eigenvalue weighted by Gasteiger charge is -1.92. The zero-order valence-corrected chi connectivity index (χ0v) is 5.86. The molecule has 0 bridgehead atoms. The number of aliphatic hydroxyl groups excluding tert-OH is 3. The molecule has 0 aromatic carbocycles. The molecule has 0 saturated heterocycles. The molecule has 1 unspecified atom stereocenters. The highest BCUT2D eigenvalue weighted by Gasteiger charge is 1.86. The minimum Gasteiger partial charge on any atom is -0.508 e. The lowest BCUT2D eigenvalue weighted by Crippen LogP contribution is -1.92. The second-order valence-electron chi connectivity index (χ2n) is 1.91. The minimum atomic E-state index is -0.575. The predicted molar refractivity (Wildman–Crippen MR) is 38.6 cm³/mol. The third-order valence-corrected chi connectivity index (χ3v) is 0.846. The van der Waals surface area contributed by atoms with Crippen LogP contribution in [0, 0.1) is 0 Å². The Morgan fingerprint density at radius 2 is 2.20 bits per heavy atom. The van der Waals surface area contributed by atoms with Gasteiger partial charge in [-0.15, -0.1) is 0 Å². The van der Waals surface area contributed by atoms with Crippen molar-refractivity contribution in [3.63, 3.8) is 0 Å². The number of aliphatic hydroxyl groups is 3. The largest absolute Gasteiger partial charge is 0.508 e. The maximum atomic E-state index is 8.80. The van der Waals surface area contributed by atoms with Crippen LogP contribution in [0.15, 0.2) is 24.0 Å². The first-order valence-electron chi connectivity index (χ1n) is 3.03. The van der Waals surface area contributed by atoms with Crippen LogP contribution in [0.3, 0.4) is 0 Å². The lowest BCUT2D eigenvalue weighted by atomic mass is 10.3. The Balaban J connectivity index is 3.77. The second-order valence-corrected chi connectivity index (χ2v) is 1.91. The van der Waals surface area contributed by atoms with Gasteiger partial charge in [0.05, 0.1) is 12.7 Å². The van der Waals surface area contributed by atoms with Crippen LogP contribution in [0.25, 0.3) is 0 Å². The zero-order chi connectivity index (χ0) is 7.98. The van der Waals surface area contributed by atoms with Gasteiger partial charge in [-0.2, -0.15) is 0 Å². The fourth-order valence-electron chi connectivity index (χ4n) is 0.399. The molecule has 0 aliphatic rings. The maximum absolute atomic E-state index is 8.80. The Bertz CT molecular complexity index is 136. The van der Waals surface area contributed by atoms with E-state index in [9.17, 15) is 0 Å². The molecule has 58 valence electrons. The minimum absolute atomic E-state index is 0.0385. The fourth-order valence-corrected chi connectivity index (χ4v) is 0.399. The van der Waals surface area contributed by atoms with Crippen molar-refractivity contribution in [2.45, 2.75) is 13.0 Å². The summed E-state index contributed by atoms with van der Waals surface area (Å²) < 4.78 is 0. The van der Waals surface area contributed by atoms with Gasteiger partial charge < -0.3 is 15.3 Å². The monoisotopic (exact) mass is 144 g/mol. The van der Waals surface area contributed by atoms with Gasteiger partial charge in [0.25, 0.3) is 0 Å². The molecule has 0 amide bonds. The van der Waals surface area contributed by atoms with Gasteiger partial charge in [0.15, 0.2) is 0 Å². The van der Waals surface area contributed by atoms with Crippen molar-refractivity contribution in [3.8, 4) is 0 Å². The normalized spacial score (nSPS) is 16.1. The van der Waals surface area contributed by atoms with Crippen LogP contribution in [-0.2, 0) is 0 Å². The molecule has 3 heteroatoms. The van der Waals surface area contributed by atoms with E-state index >= 15 is 0 Å². The molecule has 0 aliphatic carbocycles. The third kappa shape index (κ3) is 5.34. The molecule has 0 aliphatic heterocycles. The zero-order valence-electron chi connectivity index (χ0n) is 5.86. The Morgan fingerprint density at radius 3 is 2.60 bits per heavy atom. The second kappa shape index (κ2) is 5.02. The number of hydrogen-bond donors (Lipinski definition) is 3. The first-order chi connectivity index (χ1) is 4.66. The van der Waals surface area contributed by atoms with Crippen molar-refractivity contribution in [3.05, 3.63) is 24.0 Å². The van der Waals surface area contributed by atoms with E-state index in [0.717, 1.165) is 0 Å². The van der Waals surface area contributed by atoms with E-state index in [4.69, 9.17) is 15.3 Å². The molecule has 0 aromatic heterocycles. The van der Waals surface area contributed by atoms with Crippen molar-refractivity contribution in [1.82, 2.24) is 0 Å².